The Balaban J connectivity index is 3.75. The van der Waals surface area contributed by atoms with Gasteiger partial charge in [0.05, 0.1) is 0 Å². The van der Waals surface area contributed by atoms with E-state index in [1.54, 1.807) is 0 Å². The lowest BCUT2D eigenvalue weighted by molar-refractivity contribution is -0.111. The molecule has 0 aliphatic carbocycles. The number of rotatable bonds is 4. The summed E-state index contributed by atoms with van der Waals surface area (Å²) in [5.41, 5.74) is 4.59. The Kier molecular flexibility index (Phi) is 3.98. The topological polar surface area (TPSA) is 83.5 Å². The maximum absolute atomic E-state index is 10.5. The minimum Gasteiger partial charge on any atom is -0.330 e. The fourth-order valence-electron chi connectivity index (χ4n) is 0.469. The van der Waals surface area contributed by atoms with Crippen LogP contribution in [-0.4, -0.2) is 28.0 Å². The Labute approximate surface area is 60.5 Å². The Morgan fingerprint density at radius 2 is 2.10 bits per heavy atom. The van der Waals surface area contributed by atoms with Crippen LogP contribution in [0.3, 0.4) is 0 Å². The second-order valence-electron chi connectivity index (χ2n) is 2.12. The second-order valence-corrected chi connectivity index (χ2v) is 4.65. The Hall–Kier alpha value is -0.0200. The molecule has 0 radical (unpaired) electrons. The fraction of sp³-hybridized carbons (Fsp3) is 0.800. The van der Waals surface area contributed by atoms with Crippen LogP contribution in [0.15, 0.2) is 0 Å². The van der Waals surface area contributed by atoms with Crippen molar-refractivity contribution in [2.75, 3.05) is 12.7 Å². The molecule has 4 N–H and O–H groups in total. The van der Waals surface area contributed by atoms with Crippen molar-refractivity contribution in [2.45, 2.75) is 13.3 Å². The summed E-state index contributed by atoms with van der Waals surface area (Å²) in [6, 6.07) is 0. The van der Waals surface area contributed by atoms with Crippen LogP contribution in [-0.2, 0) is 4.79 Å². The SMILES string of the molecule is CC(=O)[P+](O)(O)CCCN. The van der Waals surface area contributed by atoms with Gasteiger partial charge in [-0.15, -0.1) is 0 Å². The van der Waals surface area contributed by atoms with Gasteiger partial charge in [-0.25, -0.2) is 14.6 Å². The lowest BCUT2D eigenvalue weighted by atomic mass is 10.5. The first kappa shape index (κ1) is 9.98. The molecule has 0 heterocycles. The molecule has 0 spiro atoms. The van der Waals surface area contributed by atoms with Crippen molar-refractivity contribution < 1.29 is 14.6 Å². The highest BCUT2D eigenvalue weighted by molar-refractivity contribution is 7.81. The van der Waals surface area contributed by atoms with Gasteiger partial charge in [0.2, 0.25) is 0 Å². The van der Waals surface area contributed by atoms with Crippen LogP contribution in [0.1, 0.15) is 13.3 Å². The number of carbonyl (C=O) groups is 1. The van der Waals surface area contributed by atoms with Gasteiger partial charge in [-0.2, -0.15) is 0 Å². The molecule has 5 heteroatoms. The molecule has 0 aromatic heterocycles. The van der Waals surface area contributed by atoms with Gasteiger partial charge in [-0.3, -0.25) is 0 Å². The largest absolute Gasteiger partial charge is 0.336 e. The number of carbonyl (C=O) groups excluding carboxylic acids is 1. The van der Waals surface area contributed by atoms with E-state index >= 15 is 0 Å². The van der Waals surface area contributed by atoms with E-state index in [2.05, 4.69) is 0 Å². The van der Waals surface area contributed by atoms with Gasteiger partial charge in [0.25, 0.3) is 0 Å². The zero-order valence-corrected chi connectivity index (χ0v) is 6.84. The van der Waals surface area contributed by atoms with Gasteiger partial charge in [-0.1, -0.05) is 0 Å². The van der Waals surface area contributed by atoms with Gasteiger partial charge >= 0.3 is 13.2 Å². The smallest absolute Gasteiger partial charge is 0.330 e. The molecular weight excluding hydrogens is 153 g/mol. The summed E-state index contributed by atoms with van der Waals surface area (Å²) < 4.78 is 0. The van der Waals surface area contributed by atoms with Crippen molar-refractivity contribution >= 4 is 13.2 Å². The van der Waals surface area contributed by atoms with E-state index in [4.69, 9.17) is 15.5 Å². The first-order valence-corrected chi connectivity index (χ1v) is 4.93. The van der Waals surface area contributed by atoms with Crippen LogP contribution < -0.4 is 5.73 Å². The van der Waals surface area contributed by atoms with E-state index in [0.29, 0.717) is 13.0 Å². The number of hydrogen-bond acceptors (Lipinski definition) is 4. The summed E-state index contributed by atoms with van der Waals surface area (Å²) in [6.07, 6.45) is 0.610. The fourth-order valence-corrected chi connectivity index (χ4v) is 1.41. The molecule has 0 rings (SSSR count). The molecule has 0 amide bonds. The summed E-state index contributed by atoms with van der Waals surface area (Å²) >= 11 is 0. The highest BCUT2D eigenvalue weighted by atomic mass is 31.2. The lowest BCUT2D eigenvalue weighted by Gasteiger charge is -2.05. The monoisotopic (exact) mass is 166 g/mol. The highest BCUT2D eigenvalue weighted by Gasteiger charge is 2.38. The Morgan fingerprint density at radius 1 is 1.60 bits per heavy atom. The molecule has 0 saturated carbocycles. The standard InChI is InChI=1S/C5H13NO3P/c1-5(7)10(8,9)4-2-3-6/h8-9H,2-4,6H2,1H3/q+1. The minimum atomic E-state index is -3.25. The summed E-state index contributed by atoms with van der Waals surface area (Å²) in [5.74, 6) is 0. The molecular formula is C5H13NO3P+. The van der Waals surface area contributed by atoms with Crippen LogP contribution in [0.5, 0.6) is 0 Å². The van der Waals surface area contributed by atoms with E-state index in [0.717, 1.165) is 0 Å². The van der Waals surface area contributed by atoms with Crippen molar-refractivity contribution in [1.82, 2.24) is 0 Å². The first-order valence-electron chi connectivity index (χ1n) is 3.05. The van der Waals surface area contributed by atoms with Gasteiger partial charge in [0.15, 0.2) is 0 Å². The molecule has 4 nitrogen and oxygen atoms in total. The minimum absolute atomic E-state index is 0.124. The molecule has 60 valence electrons. The zero-order valence-electron chi connectivity index (χ0n) is 5.95. The van der Waals surface area contributed by atoms with Crippen molar-refractivity contribution in [3.63, 3.8) is 0 Å². The summed E-state index contributed by atoms with van der Waals surface area (Å²) in [4.78, 5) is 28.4. The van der Waals surface area contributed by atoms with Gasteiger partial charge in [-0.05, 0) is 13.0 Å². The highest BCUT2D eigenvalue weighted by Crippen LogP contribution is 2.50. The van der Waals surface area contributed by atoms with Crippen LogP contribution >= 0.6 is 7.72 Å². The van der Waals surface area contributed by atoms with E-state index in [-0.39, 0.29) is 6.16 Å². The maximum Gasteiger partial charge on any atom is 0.336 e. The van der Waals surface area contributed by atoms with Crippen LogP contribution in [0.4, 0.5) is 0 Å². The third-order valence-corrected chi connectivity index (χ3v) is 3.13. The quantitative estimate of drug-likeness (QED) is 0.501. The van der Waals surface area contributed by atoms with Crippen molar-refractivity contribution in [3.05, 3.63) is 0 Å². The molecule has 0 aliphatic rings. The third kappa shape index (κ3) is 3.22. The van der Waals surface area contributed by atoms with E-state index in [1.807, 2.05) is 0 Å². The van der Waals surface area contributed by atoms with Crippen LogP contribution in [0.2, 0.25) is 0 Å². The van der Waals surface area contributed by atoms with E-state index in [1.165, 1.54) is 6.92 Å². The average molecular weight is 166 g/mol. The predicted octanol–water partition coefficient (Wildman–Crippen LogP) is -0.286. The van der Waals surface area contributed by atoms with Crippen LogP contribution in [0, 0.1) is 0 Å². The van der Waals surface area contributed by atoms with Crippen LogP contribution in [0.25, 0.3) is 0 Å². The van der Waals surface area contributed by atoms with Crippen molar-refractivity contribution in [3.8, 4) is 0 Å². The molecule has 0 aromatic rings. The van der Waals surface area contributed by atoms with Crippen molar-refractivity contribution in [1.29, 1.82) is 0 Å². The number of hydrogen-bond donors (Lipinski definition) is 3. The summed E-state index contributed by atoms with van der Waals surface area (Å²) in [6.45, 7) is 1.57. The molecule has 0 bridgehead atoms. The average Bonchev–Trinajstić information content (AvgIpc) is 1.84. The van der Waals surface area contributed by atoms with Gasteiger partial charge in [0.1, 0.15) is 6.16 Å². The molecule has 0 fully saturated rings. The van der Waals surface area contributed by atoms with E-state index < -0.39 is 13.2 Å². The first-order chi connectivity index (χ1) is 4.50. The molecule has 0 unspecified atom stereocenters. The third-order valence-electron chi connectivity index (χ3n) is 1.18. The molecule has 0 atom stereocenters. The van der Waals surface area contributed by atoms with E-state index in [9.17, 15) is 4.79 Å². The van der Waals surface area contributed by atoms with Gasteiger partial charge in [0, 0.05) is 6.92 Å². The zero-order chi connectivity index (χ0) is 8.20. The normalized spacial score (nSPS) is 11.6. The number of nitrogens with two attached hydrogens (primary N) is 1. The Morgan fingerprint density at radius 3 is 2.40 bits per heavy atom. The molecule has 0 saturated heterocycles. The van der Waals surface area contributed by atoms with Crippen molar-refractivity contribution in [2.24, 2.45) is 5.73 Å². The molecule has 0 aromatic carbocycles. The van der Waals surface area contributed by atoms with Gasteiger partial charge < -0.3 is 5.73 Å². The molecule has 10 heavy (non-hydrogen) atoms. The predicted molar refractivity (Wildman–Crippen MR) is 40.6 cm³/mol. The summed E-state index contributed by atoms with van der Waals surface area (Å²) in [7, 11) is -3.25. The Bertz CT molecular complexity index is 126. The maximum atomic E-state index is 10.5. The molecule has 0 aliphatic heterocycles. The second kappa shape index (κ2) is 3.98. The lowest BCUT2D eigenvalue weighted by Crippen LogP contribution is -2.09. The summed E-state index contributed by atoms with van der Waals surface area (Å²) in [5, 5.41) is 0.